The Morgan fingerprint density at radius 2 is 2.00 bits per heavy atom. The molecular formula is C17H18N2O5. The molecule has 0 unspecified atom stereocenters. The molecule has 1 aromatic heterocycles. The number of aromatic nitrogens is 1. The summed E-state index contributed by atoms with van der Waals surface area (Å²) in [5.41, 5.74) is -0.694. The van der Waals surface area contributed by atoms with Gasteiger partial charge in [-0.1, -0.05) is 12.2 Å². The molecule has 0 aromatic carbocycles. The molecule has 1 aromatic rings. The third-order valence-electron chi connectivity index (χ3n) is 2.80. The number of aromatic amines is 1. The van der Waals surface area contributed by atoms with E-state index in [0.29, 0.717) is 6.42 Å². The number of hydrogen-bond donors (Lipinski definition) is 1. The molecular weight excluding hydrogens is 312 g/mol. The summed E-state index contributed by atoms with van der Waals surface area (Å²) >= 11 is 0. The lowest BCUT2D eigenvalue weighted by Crippen LogP contribution is -2.25. The summed E-state index contributed by atoms with van der Waals surface area (Å²) in [5, 5.41) is 0. The van der Waals surface area contributed by atoms with E-state index >= 15 is 0 Å². The van der Waals surface area contributed by atoms with Crippen LogP contribution in [-0.2, 0) is 14.3 Å². The van der Waals surface area contributed by atoms with Crippen molar-refractivity contribution in [2.45, 2.75) is 32.8 Å². The van der Waals surface area contributed by atoms with Crippen molar-refractivity contribution in [3.63, 3.8) is 0 Å². The molecule has 0 fully saturated rings. The van der Waals surface area contributed by atoms with E-state index in [1.54, 1.807) is 32.9 Å². The zero-order chi connectivity index (χ0) is 17.7. The maximum atomic E-state index is 12.1. The quantitative estimate of drug-likeness (QED) is 0.675. The van der Waals surface area contributed by atoms with Crippen LogP contribution in [-0.4, -0.2) is 34.5 Å². The van der Waals surface area contributed by atoms with E-state index in [1.165, 1.54) is 24.6 Å². The number of H-pyrrole nitrogens is 1. The van der Waals surface area contributed by atoms with E-state index in [9.17, 15) is 14.4 Å². The Kier molecular flexibility index (Phi) is 5.13. The average Bonchev–Trinajstić information content (AvgIpc) is 2.78. The van der Waals surface area contributed by atoms with E-state index in [1.807, 2.05) is 0 Å². The SMILES string of the molecule is CC(C)(C)OC(=O)c1cc[nH]c1OC(=O)C(=O)C1=CC=CCC=N1. The number of nitrogens with one attached hydrogen (secondary N) is 1. The normalized spacial score (nSPS) is 13.9. The van der Waals surface area contributed by atoms with Crippen LogP contribution in [0.15, 0.2) is 41.2 Å². The second-order valence-electron chi connectivity index (χ2n) is 5.97. The smallest absolute Gasteiger partial charge is 0.388 e. The van der Waals surface area contributed by atoms with Gasteiger partial charge in [0, 0.05) is 18.8 Å². The van der Waals surface area contributed by atoms with Gasteiger partial charge in [-0.25, -0.2) is 9.59 Å². The monoisotopic (exact) mass is 330 g/mol. The Bertz CT molecular complexity index is 747. The van der Waals surface area contributed by atoms with Crippen LogP contribution in [0.25, 0.3) is 0 Å². The van der Waals surface area contributed by atoms with Crippen molar-refractivity contribution in [2.24, 2.45) is 4.99 Å². The van der Waals surface area contributed by atoms with Crippen LogP contribution in [0, 0.1) is 0 Å². The van der Waals surface area contributed by atoms with E-state index < -0.39 is 23.3 Å². The maximum absolute atomic E-state index is 12.1. The number of ketones is 1. The van der Waals surface area contributed by atoms with Crippen LogP contribution in [0.3, 0.4) is 0 Å². The summed E-state index contributed by atoms with van der Waals surface area (Å²) in [7, 11) is 0. The highest BCUT2D eigenvalue weighted by Crippen LogP contribution is 2.20. The number of aliphatic imine (C=N–C) groups is 1. The number of hydrogen-bond acceptors (Lipinski definition) is 6. The molecule has 126 valence electrons. The number of nitrogens with zero attached hydrogens (tertiary/aromatic N) is 1. The molecule has 1 aliphatic heterocycles. The summed E-state index contributed by atoms with van der Waals surface area (Å²) < 4.78 is 10.2. The van der Waals surface area contributed by atoms with E-state index in [0.717, 1.165) is 0 Å². The van der Waals surface area contributed by atoms with Crippen LogP contribution in [0.5, 0.6) is 5.88 Å². The van der Waals surface area contributed by atoms with Crippen LogP contribution in [0.2, 0.25) is 0 Å². The molecule has 2 heterocycles. The lowest BCUT2D eigenvalue weighted by Gasteiger charge is -2.19. The fourth-order valence-electron chi connectivity index (χ4n) is 1.80. The predicted molar refractivity (Wildman–Crippen MR) is 86.9 cm³/mol. The molecule has 0 spiro atoms. The minimum absolute atomic E-state index is 0.0286. The minimum Gasteiger partial charge on any atom is -0.456 e. The van der Waals surface area contributed by atoms with E-state index in [-0.39, 0.29) is 17.1 Å². The van der Waals surface area contributed by atoms with Crippen LogP contribution >= 0.6 is 0 Å². The molecule has 0 saturated heterocycles. The third-order valence-corrected chi connectivity index (χ3v) is 2.80. The molecule has 0 bridgehead atoms. The number of carbonyl (C=O) groups is 3. The highest BCUT2D eigenvalue weighted by molar-refractivity contribution is 6.41. The molecule has 1 aliphatic rings. The standard InChI is InChI=1S/C17H18N2O5/c1-17(2,3)24-15(21)11-8-10-19-14(11)23-16(22)13(20)12-7-5-4-6-9-18-12/h4-5,7-10,19H,6H2,1-3H3. The average molecular weight is 330 g/mol. The van der Waals surface area contributed by atoms with Gasteiger partial charge in [0.05, 0.1) is 0 Å². The van der Waals surface area contributed by atoms with Gasteiger partial charge < -0.3 is 14.5 Å². The fourth-order valence-corrected chi connectivity index (χ4v) is 1.80. The van der Waals surface area contributed by atoms with Gasteiger partial charge in [-0.2, -0.15) is 0 Å². The maximum Gasteiger partial charge on any atom is 0.388 e. The molecule has 0 saturated carbocycles. The van der Waals surface area contributed by atoms with Crippen molar-refractivity contribution in [3.8, 4) is 5.88 Å². The summed E-state index contributed by atoms with van der Waals surface area (Å²) in [6.45, 7) is 5.16. The highest BCUT2D eigenvalue weighted by atomic mass is 16.6. The van der Waals surface area contributed by atoms with E-state index in [2.05, 4.69) is 9.98 Å². The van der Waals surface area contributed by atoms with Crippen molar-refractivity contribution in [3.05, 3.63) is 41.8 Å². The summed E-state index contributed by atoms with van der Waals surface area (Å²) in [4.78, 5) is 42.7. The Morgan fingerprint density at radius 3 is 2.71 bits per heavy atom. The van der Waals surface area contributed by atoms with Gasteiger partial charge in [0.1, 0.15) is 16.9 Å². The summed E-state index contributed by atoms with van der Waals surface area (Å²) in [5.74, 6) is -2.84. The van der Waals surface area contributed by atoms with Gasteiger partial charge in [-0.15, -0.1) is 0 Å². The first kappa shape index (κ1) is 17.4. The Labute approximate surface area is 139 Å². The van der Waals surface area contributed by atoms with Crippen molar-refractivity contribution < 1.29 is 23.9 Å². The molecule has 0 atom stereocenters. The predicted octanol–water partition coefficient (Wildman–Crippen LogP) is 2.36. The number of esters is 2. The number of carbonyl (C=O) groups excluding carboxylic acids is 3. The molecule has 2 rings (SSSR count). The molecule has 24 heavy (non-hydrogen) atoms. The van der Waals surface area contributed by atoms with Crippen LogP contribution < -0.4 is 4.74 Å². The van der Waals surface area contributed by atoms with Crippen molar-refractivity contribution in [2.75, 3.05) is 0 Å². The lowest BCUT2D eigenvalue weighted by molar-refractivity contribution is -0.145. The molecule has 7 heteroatoms. The number of rotatable bonds is 4. The summed E-state index contributed by atoms with van der Waals surface area (Å²) in [6, 6.07) is 1.41. The second-order valence-corrected chi connectivity index (χ2v) is 5.97. The summed E-state index contributed by atoms with van der Waals surface area (Å²) in [6.07, 6.45) is 8.35. The minimum atomic E-state index is -1.14. The first-order chi connectivity index (χ1) is 11.3. The topological polar surface area (TPSA) is 97.8 Å². The first-order valence-corrected chi connectivity index (χ1v) is 7.34. The molecule has 0 radical (unpaired) electrons. The van der Waals surface area contributed by atoms with Gasteiger partial charge in [0.2, 0.25) is 5.88 Å². The molecule has 1 N–H and O–H groups in total. The highest BCUT2D eigenvalue weighted by Gasteiger charge is 2.26. The second kappa shape index (κ2) is 7.08. The number of Topliss-reactive ketones (excluding diaryl/α,β-unsaturated/α-hetero) is 1. The van der Waals surface area contributed by atoms with Gasteiger partial charge in [-0.05, 0) is 32.9 Å². The Balaban J connectivity index is 2.12. The third kappa shape index (κ3) is 4.52. The zero-order valence-electron chi connectivity index (χ0n) is 13.7. The Morgan fingerprint density at radius 1 is 1.25 bits per heavy atom. The van der Waals surface area contributed by atoms with Crippen LogP contribution in [0.1, 0.15) is 37.6 Å². The molecule has 7 nitrogen and oxygen atoms in total. The number of allylic oxidation sites excluding steroid dienone is 3. The van der Waals surface area contributed by atoms with Crippen LogP contribution in [0.4, 0.5) is 0 Å². The lowest BCUT2D eigenvalue weighted by atomic mass is 10.2. The van der Waals surface area contributed by atoms with Crippen molar-refractivity contribution in [1.82, 2.24) is 4.98 Å². The van der Waals surface area contributed by atoms with E-state index in [4.69, 9.17) is 9.47 Å². The van der Waals surface area contributed by atoms with Gasteiger partial charge in [0.25, 0.3) is 5.78 Å². The molecule has 0 aliphatic carbocycles. The van der Waals surface area contributed by atoms with Gasteiger partial charge >= 0.3 is 11.9 Å². The van der Waals surface area contributed by atoms with Gasteiger partial charge in [0.15, 0.2) is 0 Å². The number of ether oxygens (including phenoxy) is 2. The largest absolute Gasteiger partial charge is 0.456 e. The first-order valence-electron chi connectivity index (χ1n) is 7.34. The zero-order valence-corrected chi connectivity index (χ0v) is 13.7. The Hall–Kier alpha value is -2.96. The van der Waals surface area contributed by atoms with Crippen molar-refractivity contribution >= 4 is 23.9 Å². The van der Waals surface area contributed by atoms with Gasteiger partial charge in [-0.3, -0.25) is 9.79 Å². The fraction of sp³-hybridized carbons (Fsp3) is 0.294. The molecule has 0 amide bonds. The van der Waals surface area contributed by atoms with Crippen molar-refractivity contribution in [1.29, 1.82) is 0 Å².